The van der Waals surface area contributed by atoms with Gasteiger partial charge in [-0.25, -0.2) is 17.2 Å². The number of para-hydroxylation sites is 1. The van der Waals surface area contributed by atoms with Gasteiger partial charge in [-0.3, -0.25) is 19.1 Å². The minimum atomic E-state index is -3.48. The lowest BCUT2D eigenvalue weighted by atomic mass is 9.92. The fourth-order valence-corrected chi connectivity index (χ4v) is 6.02. The largest absolute Gasteiger partial charge is 0.382 e. The third-order valence-corrected chi connectivity index (χ3v) is 8.93. The number of aromatic amines is 1. The summed E-state index contributed by atoms with van der Waals surface area (Å²) in [6.45, 7) is 3.41. The van der Waals surface area contributed by atoms with Crippen LogP contribution >= 0.6 is 0 Å². The Morgan fingerprint density at radius 1 is 1.22 bits per heavy atom. The normalized spacial score (nSPS) is 16.0. The molecule has 0 radical (unpaired) electrons. The predicted octanol–water partition coefficient (Wildman–Crippen LogP) is 1.87. The molecule has 4 aromatic rings. The molecule has 0 aliphatic carbocycles. The van der Waals surface area contributed by atoms with E-state index in [4.69, 9.17) is 10.5 Å². The van der Waals surface area contributed by atoms with Crippen LogP contribution in [-0.4, -0.2) is 62.7 Å². The number of benzene rings is 1. The molecule has 0 unspecified atom stereocenters. The SMILES string of the molecule is COC1(c2cc(-c3cn(-c4c(F)cccc4F)c(=O)c4c(N)n[nH]c34)nn2C)CN(S(=O)(=O)C(C)C)C1. The molecule has 1 aliphatic heterocycles. The Balaban J connectivity index is 1.67. The van der Waals surface area contributed by atoms with Crippen LogP contribution in [0.3, 0.4) is 0 Å². The Labute approximate surface area is 210 Å². The lowest BCUT2D eigenvalue weighted by Gasteiger charge is -2.48. The van der Waals surface area contributed by atoms with Crippen LogP contribution in [0.4, 0.5) is 14.6 Å². The molecule has 1 saturated heterocycles. The zero-order valence-corrected chi connectivity index (χ0v) is 21.3. The Bertz CT molecular complexity index is 1680. The first-order valence-corrected chi connectivity index (χ1v) is 12.8. The molecule has 1 fully saturated rings. The van der Waals surface area contributed by atoms with Gasteiger partial charge in [-0.15, -0.1) is 0 Å². The quantitative estimate of drug-likeness (QED) is 0.385. The van der Waals surface area contributed by atoms with Crippen LogP contribution in [0.25, 0.3) is 27.8 Å². The monoisotopic (exact) mass is 533 g/mol. The fourth-order valence-electron chi connectivity index (χ4n) is 4.64. The topological polar surface area (TPSA) is 141 Å². The molecule has 0 spiro atoms. The molecule has 0 saturated carbocycles. The molecule has 3 aromatic heterocycles. The molecule has 1 aromatic carbocycles. The fraction of sp³-hybridized carbons (Fsp3) is 0.348. The summed E-state index contributed by atoms with van der Waals surface area (Å²) in [7, 11) is -0.317. The van der Waals surface area contributed by atoms with Crippen LogP contribution in [0, 0.1) is 11.6 Å². The number of nitrogen functional groups attached to an aromatic ring is 1. The Kier molecular flexibility index (Phi) is 5.73. The summed E-state index contributed by atoms with van der Waals surface area (Å²) < 4.78 is 64.0. The van der Waals surface area contributed by atoms with Crippen molar-refractivity contribution >= 4 is 26.7 Å². The Morgan fingerprint density at radius 3 is 2.46 bits per heavy atom. The number of nitrogens with one attached hydrogen (secondary N) is 1. The zero-order chi connectivity index (χ0) is 26.9. The number of H-pyrrole nitrogens is 1. The number of nitrogens with zero attached hydrogens (tertiary/aromatic N) is 5. The standard InChI is InChI=1S/C23H25F2N7O4S/c1-12(2)37(34,35)31-10-23(11-31,36-4)17-8-16(29-30(17)3)13-9-32(20-14(24)6-5-7-15(20)25)22(33)18-19(13)27-28-21(18)26/h5-9,12H,10-11H2,1-4H3,(H3,26,27,28). The molecule has 11 nitrogen and oxygen atoms in total. The van der Waals surface area contributed by atoms with Gasteiger partial charge in [-0.2, -0.15) is 14.5 Å². The van der Waals surface area contributed by atoms with Gasteiger partial charge in [0.25, 0.3) is 5.56 Å². The molecule has 0 atom stereocenters. The van der Waals surface area contributed by atoms with E-state index in [0.29, 0.717) is 17.0 Å². The number of fused-ring (bicyclic) bond motifs is 1. The number of ether oxygens (including phenoxy) is 1. The van der Waals surface area contributed by atoms with Crippen molar-refractivity contribution in [3.05, 3.63) is 58.1 Å². The van der Waals surface area contributed by atoms with Crippen molar-refractivity contribution in [1.29, 1.82) is 0 Å². The molecule has 196 valence electrons. The maximum Gasteiger partial charge on any atom is 0.268 e. The molecule has 14 heteroatoms. The highest BCUT2D eigenvalue weighted by atomic mass is 32.2. The second-order valence-electron chi connectivity index (χ2n) is 9.25. The van der Waals surface area contributed by atoms with Crippen LogP contribution in [0.1, 0.15) is 19.5 Å². The molecule has 37 heavy (non-hydrogen) atoms. The summed E-state index contributed by atoms with van der Waals surface area (Å²) in [6.07, 6.45) is 1.27. The van der Waals surface area contributed by atoms with Crippen molar-refractivity contribution in [3.8, 4) is 16.9 Å². The van der Waals surface area contributed by atoms with Crippen LogP contribution in [0.15, 0.2) is 35.3 Å². The smallest absolute Gasteiger partial charge is 0.268 e. The van der Waals surface area contributed by atoms with Gasteiger partial charge in [0.1, 0.15) is 28.3 Å². The number of pyridine rings is 1. The molecular weight excluding hydrogens is 508 g/mol. The van der Waals surface area contributed by atoms with E-state index >= 15 is 0 Å². The van der Waals surface area contributed by atoms with Crippen molar-refractivity contribution in [2.75, 3.05) is 25.9 Å². The summed E-state index contributed by atoms with van der Waals surface area (Å²) in [6, 6.07) is 4.97. The number of anilines is 1. The molecule has 1 aliphatic rings. The second kappa shape index (κ2) is 8.46. The van der Waals surface area contributed by atoms with E-state index in [1.165, 1.54) is 23.7 Å². The van der Waals surface area contributed by atoms with Crippen molar-refractivity contribution in [2.24, 2.45) is 7.05 Å². The number of hydrogen-bond acceptors (Lipinski definition) is 7. The number of rotatable bonds is 6. The van der Waals surface area contributed by atoms with Crippen molar-refractivity contribution in [3.63, 3.8) is 0 Å². The van der Waals surface area contributed by atoms with Gasteiger partial charge in [-0.1, -0.05) is 6.07 Å². The summed E-state index contributed by atoms with van der Waals surface area (Å²) in [4.78, 5) is 13.2. The van der Waals surface area contributed by atoms with E-state index in [-0.39, 0.29) is 29.8 Å². The van der Waals surface area contributed by atoms with Crippen molar-refractivity contribution in [2.45, 2.75) is 24.7 Å². The lowest BCUT2D eigenvalue weighted by Crippen LogP contribution is -2.63. The second-order valence-corrected chi connectivity index (χ2v) is 11.7. The average molecular weight is 534 g/mol. The molecule has 0 bridgehead atoms. The van der Waals surface area contributed by atoms with Crippen molar-refractivity contribution < 1.29 is 21.9 Å². The van der Waals surface area contributed by atoms with E-state index in [1.54, 1.807) is 31.6 Å². The first kappa shape index (κ1) is 25.0. The van der Waals surface area contributed by atoms with E-state index in [2.05, 4.69) is 15.3 Å². The van der Waals surface area contributed by atoms with Crippen molar-refractivity contribution in [1.82, 2.24) is 28.9 Å². The summed E-state index contributed by atoms with van der Waals surface area (Å²) in [5.74, 6) is -2.00. The Morgan fingerprint density at radius 2 is 1.86 bits per heavy atom. The highest BCUT2D eigenvalue weighted by Crippen LogP contribution is 2.40. The van der Waals surface area contributed by atoms with Gasteiger partial charge in [0.05, 0.1) is 22.2 Å². The maximum atomic E-state index is 14.6. The van der Waals surface area contributed by atoms with Gasteiger partial charge in [0, 0.05) is 39.0 Å². The van der Waals surface area contributed by atoms with Gasteiger partial charge in [0.2, 0.25) is 10.0 Å². The van der Waals surface area contributed by atoms with Gasteiger partial charge >= 0.3 is 0 Å². The number of aromatic nitrogens is 5. The van der Waals surface area contributed by atoms with E-state index in [9.17, 15) is 22.0 Å². The molecule has 5 rings (SSSR count). The highest BCUT2D eigenvalue weighted by molar-refractivity contribution is 7.89. The Hall–Kier alpha value is -3.62. The van der Waals surface area contributed by atoms with Gasteiger partial charge < -0.3 is 10.5 Å². The third-order valence-electron chi connectivity index (χ3n) is 6.77. The average Bonchev–Trinajstić information content (AvgIpc) is 3.38. The third kappa shape index (κ3) is 3.66. The first-order chi connectivity index (χ1) is 17.4. The number of hydrogen-bond donors (Lipinski definition) is 2. The van der Waals surface area contributed by atoms with Crippen LogP contribution < -0.4 is 11.3 Å². The first-order valence-electron chi connectivity index (χ1n) is 11.3. The number of methoxy groups -OCH3 is 1. The van der Waals surface area contributed by atoms with E-state index < -0.39 is 43.8 Å². The number of halogens is 2. The van der Waals surface area contributed by atoms with E-state index in [1.807, 2.05) is 0 Å². The molecular formula is C23H25F2N7O4S. The highest BCUT2D eigenvalue weighted by Gasteiger charge is 2.52. The number of nitrogens with two attached hydrogens (primary N) is 1. The summed E-state index contributed by atoms with van der Waals surface area (Å²) in [5, 5.41) is 10.5. The van der Waals surface area contributed by atoms with E-state index in [0.717, 1.165) is 16.7 Å². The number of aryl methyl sites for hydroxylation is 1. The van der Waals surface area contributed by atoms with Crippen LogP contribution in [-0.2, 0) is 27.4 Å². The number of sulfonamides is 1. The van der Waals surface area contributed by atoms with Crippen LogP contribution in [0.2, 0.25) is 0 Å². The van der Waals surface area contributed by atoms with Crippen LogP contribution in [0.5, 0.6) is 0 Å². The molecule has 3 N–H and O–H groups in total. The van der Waals surface area contributed by atoms with Gasteiger partial charge in [0.15, 0.2) is 5.82 Å². The minimum Gasteiger partial charge on any atom is -0.382 e. The lowest BCUT2D eigenvalue weighted by molar-refractivity contribution is -0.103. The summed E-state index contributed by atoms with van der Waals surface area (Å²) in [5.41, 5.74) is 5.11. The molecule has 0 amide bonds. The van der Waals surface area contributed by atoms with Gasteiger partial charge in [-0.05, 0) is 32.0 Å². The zero-order valence-electron chi connectivity index (χ0n) is 20.5. The maximum absolute atomic E-state index is 14.6. The predicted molar refractivity (Wildman–Crippen MR) is 133 cm³/mol. The molecule has 4 heterocycles. The summed E-state index contributed by atoms with van der Waals surface area (Å²) >= 11 is 0. The minimum absolute atomic E-state index is 0.0494.